The van der Waals surface area contributed by atoms with Gasteiger partial charge in [0.15, 0.2) is 0 Å². The molecule has 1 fully saturated rings. The van der Waals surface area contributed by atoms with Crippen molar-refractivity contribution in [2.24, 2.45) is 5.41 Å². The van der Waals surface area contributed by atoms with Crippen LogP contribution in [0.3, 0.4) is 0 Å². The monoisotopic (exact) mass is 342 g/mol. The van der Waals surface area contributed by atoms with E-state index in [2.05, 4.69) is 10.6 Å². The summed E-state index contributed by atoms with van der Waals surface area (Å²) in [7, 11) is 0.286. The van der Waals surface area contributed by atoms with Crippen LogP contribution in [0.1, 0.15) is 25.7 Å². The van der Waals surface area contributed by atoms with Gasteiger partial charge in [0.2, 0.25) is 0 Å². The van der Waals surface area contributed by atoms with Crippen molar-refractivity contribution in [3.63, 3.8) is 0 Å². The number of benzene rings is 1. The Morgan fingerprint density at radius 2 is 2.17 bits per heavy atom. The van der Waals surface area contributed by atoms with E-state index in [1.54, 1.807) is 13.2 Å². The van der Waals surface area contributed by atoms with Crippen molar-refractivity contribution in [2.45, 2.75) is 30.6 Å². The molecule has 23 heavy (non-hydrogen) atoms. The van der Waals surface area contributed by atoms with Crippen LogP contribution in [-0.2, 0) is 15.5 Å². The van der Waals surface area contributed by atoms with Gasteiger partial charge in [-0.2, -0.15) is 0 Å². The van der Waals surface area contributed by atoms with Gasteiger partial charge in [0.05, 0.1) is 15.7 Å². The minimum absolute atomic E-state index is 0.127. The zero-order valence-corrected chi connectivity index (χ0v) is 14.3. The van der Waals surface area contributed by atoms with Crippen molar-refractivity contribution in [3.8, 4) is 0 Å². The molecule has 5 nitrogen and oxygen atoms in total. The first-order valence-electron chi connectivity index (χ1n) is 7.62. The van der Waals surface area contributed by atoms with Gasteiger partial charge in [0.25, 0.3) is 0 Å². The predicted octanol–water partition coefficient (Wildman–Crippen LogP) is 2.89. The lowest BCUT2D eigenvalue weighted by molar-refractivity contribution is 0.0717. The van der Waals surface area contributed by atoms with Crippen LogP contribution in [0.4, 0.5) is 14.9 Å². The van der Waals surface area contributed by atoms with Gasteiger partial charge >= 0.3 is 6.03 Å². The molecule has 1 saturated carbocycles. The molecule has 0 bridgehead atoms. The summed E-state index contributed by atoms with van der Waals surface area (Å²) in [6, 6.07) is 3.79. The molecule has 0 saturated heterocycles. The molecule has 0 aromatic heterocycles. The van der Waals surface area contributed by atoms with Crippen molar-refractivity contribution < 1.29 is 18.1 Å². The maximum Gasteiger partial charge on any atom is 0.319 e. The number of nitrogens with one attached hydrogen (secondary N) is 2. The van der Waals surface area contributed by atoms with E-state index in [0.29, 0.717) is 18.8 Å². The van der Waals surface area contributed by atoms with E-state index >= 15 is 0 Å². The number of methoxy groups -OCH3 is 1. The van der Waals surface area contributed by atoms with Crippen LogP contribution in [0.15, 0.2) is 23.1 Å². The van der Waals surface area contributed by atoms with Crippen LogP contribution in [-0.4, -0.2) is 36.8 Å². The van der Waals surface area contributed by atoms with Crippen molar-refractivity contribution >= 4 is 22.5 Å². The lowest BCUT2D eigenvalue weighted by atomic mass is 9.67. The molecule has 128 valence electrons. The van der Waals surface area contributed by atoms with E-state index in [1.165, 1.54) is 24.8 Å². The molecule has 1 aliphatic carbocycles. The molecule has 2 N–H and O–H groups in total. The average Bonchev–Trinajstić information content (AvgIpc) is 2.45. The van der Waals surface area contributed by atoms with Gasteiger partial charge in [-0.05, 0) is 42.9 Å². The SMILES string of the molecule is COCCC1(CNC(=O)Nc2ccc(S(C)=O)c(F)c2)CCC1. The van der Waals surface area contributed by atoms with Crippen LogP contribution >= 0.6 is 0 Å². The van der Waals surface area contributed by atoms with Gasteiger partial charge in [0, 0.05) is 32.2 Å². The van der Waals surface area contributed by atoms with Crippen LogP contribution in [0.25, 0.3) is 0 Å². The molecule has 1 atom stereocenters. The first-order valence-corrected chi connectivity index (χ1v) is 9.18. The second-order valence-corrected chi connectivity index (χ2v) is 7.35. The second kappa shape index (κ2) is 7.88. The molecular formula is C16H23FN2O3S. The first-order chi connectivity index (χ1) is 11.0. The van der Waals surface area contributed by atoms with Crippen LogP contribution < -0.4 is 10.6 Å². The number of anilines is 1. The number of hydrogen-bond acceptors (Lipinski definition) is 3. The minimum Gasteiger partial charge on any atom is -0.385 e. The lowest BCUT2D eigenvalue weighted by Gasteiger charge is -2.42. The molecule has 1 aromatic carbocycles. The lowest BCUT2D eigenvalue weighted by Crippen LogP contribution is -2.44. The largest absolute Gasteiger partial charge is 0.385 e. The molecule has 2 rings (SSSR count). The van der Waals surface area contributed by atoms with Gasteiger partial charge in [-0.1, -0.05) is 6.42 Å². The quantitative estimate of drug-likeness (QED) is 0.801. The van der Waals surface area contributed by atoms with Crippen LogP contribution in [0.2, 0.25) is 0 Å². The maximum absolute atomic E-state index is 13.8. The van der Waals surface area contributed by atoms with E-state index in [0.717, 1.165) is 19.3 Å². The smallest absolute Gasteiger partial charge is 0.319 e. The third-order valence-electron chi connectivity index (χ3n) is 4.37. The molecular weight excluding hydrogens is 319 g/mol. The summed E-state index contributed by atoms with van der Waals surface area (Å²) >= 11 is 0. The highest BCUT2D eigenvalue weighted by atomic mass is 32.2. The zero-order valence-electron chi connectivity index (χ0n) is 13.5. The fraction of sp³-hybridized carbons (Fsp3) is 0.562. The molecule has 0 heterocycles. The fourth-order valence-corrected chi connectivity index (χ4v) is 3.36. The van der Waals surface area contributed by atoms with Gasteiger partial charge < -0.3 is 15.4 Å². The van der Waals surface area contributed by atoms with Gasteiger partial charge in [-0.15, -0.1) is 0 Å². The first kappa shape index (κ1) is 17.9. The van der Waals surface area contributed by atoms with E-state index < -0.39 is 16.6 Å². The van der Waals surface area contributed by atoms with Gasteiger partial charge in [-0.25, -0.2) is 9.18 Å². The number of carbonyl (C=O) groups is 1. The van der Waals surface area contributed by atoms with E-state index in [4.69, 9.17) is 4.74 Å². The topological polar surface area (TPSA) is 67.4 Å². The average molecular weight is 342 g/mol. The Morgan fingerprint density at radius 3 is 2.70 bits per heavy atom. The molecule has 0 aliphatic heterocycles. The third-order valence-corrected chi connectivity index (χ3v) is 5.32. The number of ether oxygens (including phenoxy) is 1. The number of carbonyl (C=O) groups excluding carboxylic acids is 1. The van der Waals surface area contributed by atoms with Crippen molar-refractivity contribution in [1.29, 1.82) is 0 Å². The summed E-state index contributed by atoms with van der Waals surface area (Å²) < 4.78 is 30.2. The maximum atomic E-state index is 13.8. The molecule has 1 aromatic rings. The van der Waals surface area contributed by atoms with Gasteiger partial charge in [-0.3, -0.25) is 4.21 Å². The number of halogens is 1. The number of urea groups is 1. The van der Waals surface area contributed by atoms with Gasteiger partial charge in [0.1, 0.15) is 5.82 Å². The molecule has 0 radical (unpaired) electrons. The molecule has 2 amide bonds. The summed E-state index contributed by atoms with van der Waals surface area (Å²) in [6.45, 7) is 1.27. The molecule has 1 aliphatic rings. The summed E-state index contributed by atoms with van der Waals surface area (Å²) in [5.74, 6) is -0.584. The molecule has 1 unspecified atom stereocenters. The Kier molecular flexibility index (Phi) is 6.12. The van der Waals surface area contributed by atoms with Crippen molar-refractivity contribution in [3.05, 3.63) is 24.0 Å². The second-order valence-electron chi connectivity index (χ2n) is 6.00. The number of rotatable bonds is 7. The van der Waals surface area contributed by atoms with Crippen LogP contribution in [0, 0.1) is 11.2 Å². The highest BCUT2D eigenvalue weighted by molar-refractivity contribution is 7.84. The summed E-state index contributed by atoms with van der Waals surface area (Å²) in [5.41, 5.74) is 0.468. The minimum atomic E-state index is -1.39. The van der Waals surface area contributed by atoms with Crippen LogP contribution in [0.5, 0.6) is 0 Å². The third kappa shape index (κ3) is 4.75. The Morgan fingerprint density at radius 1 is 1.43 bits per heavy atom. The number of hydrogen-bond donors (Lipinski definition) is 2. The standard InChI is InChI=1S/C16H23FN2O3S/c1-22-9-8-16(6-3-7-16)11-18-15(20)19-12-4-5-14(23(2)21)13(17)10-12/h4-5,10H,3,6-9,11H2,1-2H3,(H2,18,19,20). The summed E-state index contributed by atoms with van der Waals surface area (Å²) in [5, 5.41) is 5.46. The zero-order chi connectivity index (χ0) is 16.9. The Hall–Kier alpha value is -1.47. The highest BCUT2D eigenvalue weighted by Crippen LogP contribution is 2.43. The highest BCUT2D eigenvalue weighted by Gasteiger charge is 2.36. The Labute approximate surface area is 138 Å². The Bertz CT molecular complexity index is 591. The van der Waals surface area contributed by atoms with E-state index in [-0.39, 0.29) is 16.3 Å². The fourth-order valence-electron chi connectivity index (χ4n) is 2.77. The molecule has 0 spiro atoms. The Balaban J connectivity index is 1.87. The number of amides is 2. The predicted molar refractivity (Wildman–Crippen MR) is 88.5 cm³/mol. The van der Waals surface area contributed by atoms with Crippen molar-refractivity contribution in [2.75, 3.05) is 31.8 Å². The normalized spacial score (nSPS) is 17.2. The van der Waals surface area contributed by atoms with E-state index in [9.17, 15) is 13.4 Å². The summed E-state index contributed by atoms with van der Waals surface area (Å²) in [4.78, 5) is 12.1. The summed E-state index contributed by atoms with van der Waals surface area (Å²) in [6.07, 6.45) is 5.68. The van der Waals surface area contributed by atoms with Crippen molar-refractivity contribution in [1.82, 2.24) is 5.32 Å². The van der Waals surface area contributed by atoms with E-state index in [1.807, 2.05) is 0 Å². The molecule has 7 heteroatoms.